The highest BCUT2D eigenvalue weighted by atomic mass is 32.2. The Bertz CT molecular complexity index is 1250. The third-order valence-corrected chi connectivity index (χ3v) is 7.95. The molecule has 1 saturated heterocycles. The highest BCUT2D eigenvalue weighted by Gasteiger charge is 2.26. The van der Waals surface area contributed by atoms with Crippen LogP contribution in [0.15, 0.2) is 52.2 Å². The van der Waals surface area contributed by atoms with Crippen LogP contribution in [-0.2, 0) is 17.8 Å². The molecule has 2 N–H and O–H groups in total. The summed E-state index contributed by atoms with van der Waals surface area (Å²) in [7, 11) is 0. The highest BCUT2D eigenvalue weighted by Crippen LogP contribution is 2.30. The quantitative estimate of drug-likeness (QED) is 0.407. The molecule has 2 amide bonds. The number of carbonyl (C=O) groups is 2. The number of hydrogen-bond acceptors (Lipinski definition) is 7. The summed E-state index contributed by atoms with van der Waals surface area (Å²) < 4.78 is 13.9. The first-order valence-corrected chi connectivity index (χ1v) is 13.4. The zero-order chi connectivity index (χ0) is 24.2. The van der Waals surface area contributed by atoms with E-state index in [1.165, 1.54) is 6.07 Å². The molecule has 35 heavy (non-hydrogen) atoms. The molecule has 0 unspecified atom stereocenters. The average molecular weight is 509 g/mol. The molecule has 2 fully saturated rings. The Balaban J connectivity index is 1.14. The molecule has 180 valence electrons. The Labute approximate surface area is 211 Å². The van der Waals surface area contributed by atoms with E-state index < -0.39 is 0 Å². The molecule has 0 bridgehead atoms. The van der Waals surface area contributed by atoms with Crippen molar-refractivity contribution < 1.29 is 14.0 Å². The van der Waals surface area contributed by atoms with Gasteiger partial charge in [-0.2, -0.15) is 11.3 Å². The van der Waals surface area contributed by atoms with Gasteiger partial charge in [0.15, 0.2) is 0 Å². The van der Waals surface area contributed by atoms with Gasteiger partial charge in [-0.25, -0.2) is 14.4 Å². The zero-order valence-electron chi connectivity index (χ0n) is 19.0. The van der Waals surface area contributed by atoms with Crippen molar-refractivity contribution in [3.05, 3.63) is 75.1 Å². The fourth-order valence-corrected chi connectivity index (χ4v) is 5.94. The maximum atomic E-state index is 13.9. The van der Waals surface area contributed by atoms with E-state index in [0.717, 1.165) is 66.4 Å². The van der Waals surface area contributed by atoms with Crippen LogP contribution in [0.3, 0.4) is 0 Å². The summed E-state index contributed by atoms with van der Waals surface area (Å²) >= 11 is 2.51. The second-order valence-electron chi connectivity index (χ2n) is 8.87. The summed E-state index contributed by atoms with van der Waals surface area (Å²) in [6.07, 6.45) is 8.44. The molecule has 1 aliphatic carbocycles. The Morgan fingerprint density at radius 2 is 2.00 bits per heavy atom. The van der Waals surface area contributed by atoms with Crippen LogP contribution in [-0.4, -0.2) is 27.2 Å². The minimum atomic E-state index is -0.380. The van der Waals surface area contributed by atoms with Crippen LogP contribution in [0, 0.1) is 11.7 Å². The van der Waals surface area contributed by atoms with Gasteiger partial charge in [-0.05, 0) is 101 Å². The zero-order valence-corrected chi connectivity index (χ0v) is 20.6. The molecule has 0 atom stereocenters. The van der Waals surface area contributed by atoms with E-state index in [0.29, 0.717) is 29.1 Å². The number of nitrogens with one attached hydrogen (secondary N) is 2. The third kappa shape index (κ3) is 6.04. The molecule has 1 aromatic carbocycles. The number of amides is 2. The minimum Gasteiger partial charge on any atom is -0.310 e. The van der Waals surface area contributed by atoms with Crippen molar-refractivity contribution in [2.45, 2.75) is 44.7 Å². The van der Waals surface area contributed by atoms with Gasteiger partial charge >= 0.3 is 0 Å². The normalized spacial score (nSPS) is 21.5. The topological polar surface area (TPSA) is 84.0 Å². The summed E-state index contributed by atoms with van der Waals surface area (Å²) in [6, 6.07) is 9.23. The van der Waals surface area contributed by atoms with Gasteiger partial charge in [0.1, 0.15) is 11.6 Å². The average Bonchev–Trinajstić information content (AvgIpc) is 3.49. The van der Waals surface area contributed by atoms with E-state index in [-0.39, 0.29) is 17.0 Å². The number of rotatable bonds is 7. The molecule has 0 spiro atoms. The molecular formula is C26H25FN4O2S2. The van der Waals surface area contributed by atoms with Crippen LogP contribution in [0.4, 0.5) is 9.18 Å². The number of aromatic nitrogens is 2. The van der Waals surface area contributed by atoms with Crippen molar-refractivity contribution in [3.63, 3.8) is 0 Å². The lowest BCUT2D eigenvalue weighted by atomic mass is 9.84. The Morgan fingerprint density at radius 3 is 2.74 bits per heavy atom. The lowest BCUT2D eigenvalue weighted by Gasteiger charge is -2.29. The monoisotopic (exact) mass is 508 g/mol. The number of thiophene rings is 1. The molecule has 3 aromatic rings. The van der Waals surface area contributed by atoms with Crippen molar-refractivity contribution in [2.75, 3.05) is 0 Å². The molecule has 2 aliphatic rings. The molecule has 0 radical (unpaired) electrons. The molecule has 6 nitrogen and oxygen atoms in total. The minimum absolute atomic E-state index is 0.211. The maximum absolute atomic E-state index is 13.9. The van der Waals surface area contributed by atoms with Gasteiger partial charge < -0.3 is 5.32 Å². The first-order valence-electron chi connectivity index (χ1n) is 11.6. The molecule has 5 rings (SSSR count). The van der Waals surface area contributed by atoms with Crippen LogP contribution >= 0.6 is 23.1 Å². The smallest absolute Gasteiger partial charge is 0.290 e. The number of hydrogen-bond donors (Lipinski definition) is 2. The Kier molecular flexibility index (Phi) is 7.36. The lowest BCUT2D eigenvalue weighted by Crippen LogP contribution is -2.33. The summed E-state index contributed by atoms with van der Waals surface area (Å²) in [6.45, 7) is 0.717. The second kappa shape index (κ2) is 10.8. The van der Waals surface area contributed by atoms with Crippen molar-refractivity contribution in [2.24, 2.45) is 5.92 Å². The number of benzene rings is 1. The van der Waals surface area contributed by atoms with Gasteiger partial charge in [-0.3, -0.25) is 14.9 Å². The van der Waals surface area contributed by atoms with E-state index in [4.69, 9.17) is 0 Å². The second-order valence-corrected chi connectivity index (χ2v) is 10.7. The number of imide groups is 1. The fourth-order valence-electron chi connectivity index (χ4n) is 4.62. The summed E-state index contributed by atoms with van der Waals surface area (Å²) in [4.78, 5) is 32.5. The van der Waals surface area contributed by atoms with Crippen LogP contribution in [0.1, 0.15) is 42.8 Å². The standard InChI is InChI=1S/C26H25FN4O2S2/c27-19-4-3-17(22(12-19)18-8-10-34-15-18)14-29-20-5-1-16(2-6-20)11-24-28-9-7-21(30-24)13-23-25(32)31-26(33)35-23/h3-4,7-10,12-13,15-16,20,29H,1-2,5-6,11,14H2,(H,31,32,33)/b23-13-. The SMILES string of the molecule is O=C1NC(=O)/C(=C/c2ccnc(CC3CCC(NCc4ccc(F)cc4-c4ccsc4)CC3)n2)S1. The maximum Gasteiger partial charge on any atom is 0.290 e. The van der Waals surface area contributed by atoms with Gasteiger partial charge in [0.05, 0.1) is 10.6 Å². The lowest BCUT2D eigenvalue weighted by molar-refractivity contribution is -0.115. The predicted octanol–water partition coefficient (Wildman–Crippen LogP) is 5.56. The van der Waals surface area contributed by atoms with Crippen LogP contribution in [0.5, 0.6) is 0 Å². The van der Waals surface area contributed by atoms with E-state index in [1.54, 1.807) is 35.7 Å². The number of nitrogens with zero attached hydrogens (tertiary/aromatic N) is 2. The van der Waals surface area contributed by atoms with Gasteiger partial charge in [0.25, 0.3) is 11.1 Å². The molecule has 1 aliphatic heterocycles. The van der Waals surface area contributed by atoms with E-state index in [2.05, 4.69) is 26.0 Å². The van der Waals surface area contributed by atoms with Crippen molar-refractivity contribution in [1.29, 1.82) is 0 Å². The summed E-state index contributed by atoms with van der Waals surface area (Å²) in [5, 5.41) is 9.64. The Hall–Kier alpha value is -2.88. The molecular weight excluding hydrogens is 483 g/mol. The van der Waals surface area contributed by atoms with Crippen molar-refractivity contribution >= 4 is 40.3 Å². The molecule has 9 heteroatoms. The third-order valence-electron chi connectivity index (χ3n) is 6.45. The number of thioether (sulfide) groups is 1. The fraction of sp³-hybridized carbons (Fsp3) is 0.308. The van der Waals surface area contributed by atoms with E-state index in [9.17, 15) is 14.0 Å². The Morgan fingerprint density at radius 1 is 1.14 bits per heavy atom. The predicted molar refractivity (Wildman–Crippen MR) is 137 cm³/mol. The van der Waals surface area contributed by atoms with Crippen molar-refractivity contribution in [3.8, 4) is 11.1 Å². The van der Waals surface area contributed by atoms with E-state index in [1.807, 2.05) is 17.5 Å². The largest absolute Gasteiger partial charge is 0.310 e. The van der Waals surface area contributed by atoms with E-state index >= 15 is 0 Å². The molecule has 2 aromatic heterocycles. The van der Waals surface area contributed by atoms with Gasteiger partial charge in [-0.1, -0.05) is 6.07 Å². The van der Waals surface area contributed by atoms with Crippen LogP contribution in [0.25, 0.3) is 17.2 Å². The van der Waals surface area contributed by atoms with Gasteiger partial charge in [0, 0.05) is 25.2 Å². The van der Waals surface area contributed by atoms with Gasteiger partial charge in [-0.15, -0.1) is 0 Å². The summed E-state index contributed by atoms with van der Waals surface area (Å²) in [5.74, 6) is 0.678. The summed E-state index contributed by atoms with van der Waals surface area (Å²) in [5.41, 5.74) is 3.77. The number of halogens is 1. The van der Waals surface area contributed by atoms with Gasteiger partial charge in [0.2, 0.25) is 0 Å². The highest BCUT2D eigenvalue weighted by molar-refractivity contribution is 8.18. The molecule has 1 saturated carbocycles. The molecule has 3 heterocycles. The van der Waals surface area contributed by atoms with Crippen molar-refractivity contribution in [1.82, 2.24) is 20.6 Å². The van der Waals surface area contributed by atoms with Crippen LogP contribution < -0.4 is 10.6 Å². The van der Waals surface area contributed by atoms with Crippen LogP contribution in [0.2, 0.25) is 0 Å². The first kappa shape index (κ1) is 23.8. The first-order chi connectivity index (χ1) is 17.0. The number of carbonyl (C=O) groups excluding carboxylic acids is 2.